The van der Waals surface area contributed by atoms with Gasteiger partial charge in [-0.15, -0.1) is 5.54 Å². The zero-order valence-electron chi connectivity index (χ0n) is 16.7. The van der Waals surface area contributed by atoms with Gasteiger partial charge in [0, 0.05) is 24.5 Å². The van der Waals surface area contributed by atoms with Crippen LogP contribution in [0.3, 0.4) is 0 Å². The fraction of sp³-hybridized carbons (Fsp3) is 0.500. The minimum atomic E-state index is -1.78. The third-order valence-corrected chi connectivity index (χ3v) is 11.8. The van der Waals surface area contributed by atoms with E-state index in [9.17, 15) is 4.79 Å². The molecule has 3 heteroatoms. The van der Waals surface area contributed by atoms with Crippen LogP contribution in [0.25, 0.3) is 5.70 Å². The molecule has 1 aromatic rings. The van der Waals surface area contributed by atoms with Gasteiger partial charge in [-0.3, -0.25) is 4.79 Å². The summed E-state index contributed by atoms with van der Waals surface area (Å²) in [4.78, 5) is 11.7. The molecule has 1 aliphatic rings. The molecule has 0 heterocycles. The van der Waals surface area contributed by atoms with Crippen molar-refractivity contribution in [3.63, 3.8) is 0 Å². The molecule has 0 saturated heterocycles. The van der Waals surface area contributed by atoms with Crippen molar-refractivity contribution in [1.82, 2.24) is 5.32 Å². The first kappa shape index (κ1) is 19.5. The van der Waals surface area contributed by atoms with E-state index in [1.165, 1.54) is 5.56 Å². The van der Waals surface area contributed by atoms with Gasteiger partial charge in [0.1, 0.15) is 8.07 Å². The molecule has 0 bridgehead atoms. The van der Waals surface area contributed by atoms with Crippen molar-refractivity contribution in [3.8, 4) is 11.5 Å². The van der Waals surface area contributed by atoms with Gasteiger partial charge in [-0.2, -0.15) is 0 Å². The van der Waals surface area contributed by atoms with Gasteiger partial charge in [0.15, 0.2) is 0 Å². The van der Waals surface area contributed by atoms with Crippen LogP contribution in [0.2, 0.25) is 16.6 Å². The Hall–Kier alpha value is -1.79. The van der Waals surface area contributed by atoms with Gasteiger partial charge in [0.2, 0.25) is 5.91 Å². The monoisotopic (exact) mass is 353 g/mol. The number of nitrogens with one attached hydrogen (secondary N) is 1. The average molecular weight is 354 g/mol. The lowest BCUT2D eigenvalue weighted by Gasteiger charge is -2.38. The highest BCUT2D eigenvalue weighted by molar-refractivity contribution is 6.90. The minimum absolute atomic E-state index is 0.0360. The van der Waals surface area contributed by atoms with Crippen LogP contribution in [-0.2, 0) is 11.2 Å². The van der Waals surface area contributed by atoms with Gasteiger partial charge in [-0.25, -0.2) is 0 Å². The van der Waals surface area contributed by atoms with E-state index in [1.807, 2.05) is 6.07 Å². The maximum atomic E-state index is 11.7. The smallest absolute Gasteiger partial charge is 0.221 e. The standard InChI is InChI=1S/C22H31NOSi/c1-15(2)25(16(3)4,17(5)6)13-12-20-14-19-10-8-9-11-21(19)22(20)23-18(7)24/h8-11,15-17H,14H2,1-7H3,(H,23,24). The van der Waals surface area contributed by atoms with E-state index in [2.05, 4.69) is 76.5 Å². The molecule has 134 valence electrons. The maximum Gasteiger partial charge on any atom is 0.221 e. The molecule has 1 aromatic carbocycles. The largest absolute Gasteiger partial charge is 0.325 e. The zero-order valence-corrected chi connectivity index (χ0v) is 17.7. The highest BCUT2D eigenvalue weighted by atomic mass is 28.3. The van der Waals surface area contributed by atoms with E-state index in [0.717, 1.165) is 23.3 Å². The van der Waals surface area contributed by atoms with E-state index in [-0.39, 0.29) is 5.91 Å². The molecule has 0 saturated carbocycles. The van der Waals surface area contributed by atoms with Gasteiger partial charge >= 0.3 is 0 Å². The lowest BCUT2D eigenvalue weighted by molar-refractivity contribution is -0.117. The first-order valence-corrected chi connectivity index (χ1v) is 11.6. The molecule has 1 amide bonds. The van der Waals surface area contributed by atoms with Crippen LogP contribution in [0.15, 0.2) is 29.8 Å². The van der Waals surface area contributed by atoms with Gasteiger partial charge in [-0.05, 0) is 22.2 Å². The third kappa shape index (κ3) is 3.74. The molecule has 0 spiro atoms. The number of benzene rings is 1. The van der Waals surface area contributed by atoms with E-state index < -0.39 is 8.07 Å². The molecular weight excluding hydrogens is 322 g/mol. The Labute approximate surface area is 154 Å². The van der Waals surface area contributed by atoms with Crippen LogP contribution in [0.5, 0.6) is 0 Å². The summed E-state index contributed by atoms with van der Waals surface area (Å²) < 4.78 is 0. The second-order valence-electron chi connectivity index (χ2n) is 8.02. The topological polar surface area (TPSA) is 29.1 Å². The number of allylic oxidation sites excluding steroid dienone is 1. The van der Waals surface area contributed by atoms with E-state index in [1.54, 1.807) is 6.92 Å². The molecule has 0 fully saturated rings. The summed E-state index contributed by atoms with van der Waals surface area (Å²) >= 11 is 0. The van der Waals surface area contributed by atoms with Crippen molar-refractivity contribution in [2.24, 2.45) is 0 Å². The number of fused-ring (bicyclic) bond motifs is 1. The van der Waals surface area contributed by atoms with E-state index in [4.69, 9.17) is 0 Å². The molecule has 0 aromatic heterocycles. The van der Waals surface area contributed by atoms with Gasteiger partial charge in [0.05, 0.1) is 5.70 Å². The van der Waals surface area contributed by atoms with E-state index >= 15 is 0 Å². The van der Waals surface area contributed by atoms with Crippen molar-refractivity contribution in [1.29, 1.82) is 0 Å². The Kier molecular flexibility index (Phi) is 5.95. The quantitative estimate of drug-likeness (QED) is 0.577. The highest BCUT2D eigenvalue weighted by Gasteiger charge is 2.41. The van der Waals surface area contributed by atoms with Crippen molar-refractivity contribution < 1.29 is 4.79 Å². The summed E-state index contributed by atoms with van der Waals surface area (Å²) in [5, 5.41) is 3.03. The molecule has 25 heavy (non-hydrogen) atoms. The first-order chi connectivity index (χ1) is 11.7. The average Bonchev–Trinajstić information content (AvgIpc) is 2.84. The molecule has 1 aliphatic carbocycles. The molecular formula is C22H31NOSi. The summed E-state index contributed by atoms with van der Waals surface area (Å²) in [5.74, 6) is 3.51. The van der Waals surface area contributed by atoms with Crippen LogP contribution >= 0.6 is 0 Å². The number of amides is 1. The summed E-state index contributed by atoms with van der Waals surface area (Å²) in [6.07, 6.45) is 0.817. The number of hydrogen-bond donors (Lipinski definition) is 1. The zero-order chi connectivity index (χ0) is 18.8. The summed E-state index contributed by atoms with van der Waals surface area (Å²) in [7, 11) is -1.78. The van der Waals surface area contributed by atoms with Gasteiger partial charge in [0.25, 0.3) is 0 Å². The second kappa shape index (κ2) is 7.62. The van der Waals surface area contributed by atoms with Gasteiger partial charge in [-0.1, -0.05) is 71.7 Å². The van der Waals surface area contributed by atoms with Crippen LogP contribution in [-0.4, -0.2) is 14.0 Å². The molecule has 0 radical (unpaired) electrons. The molecule has 0 atom stereocenters. The fourth-order valence-corrected chi connectivity index (χ4v) is 9.64. The number of rotatable bonds is 4. The normalized spacial score (nSPS) is 14.0. The molecule has 0 aliphatic heterocycles. The molecule has 2 rings (SSSR count). The van der Waals surface area contributed by atoms with Crippen molar-refractivity contribution in [2.45, 2.75) is 71.5 Å². The Bertz CT molecular complexity index is 725. The van der Waals surface area contributed by atoms with Crippen molar-refractivity contribution in [3.05, 3.63) is 41.0 Å². The third-order valence-electron chi connectivity index (χ3n) is 5.55. The second-order valence-corrected chi connectivity index (χ2v) is 13.6. The highest BCUT2D eigenvalue weighted by Crippen LogP contribution is 2.41. The van der Waals surface area contributed by atoms with Crippen LogP contribution in [0, 0.1) is 11.5 Å². The predicted molar refractivity (Wildman–Crippen MR) is 110 cm³/mol. The Balaban J connectivity index is 2.54. The van der Waals surface area contributed by atoms with Crippen LogP contribution in [0.4, 0.5) is 0 Å². The van der Waals surface area contributed by atoms with Gasteiger partial charge < -0.3 is 5.32 Å². The number of carbonyl (C=O) groups is 1. The summed E-state index contributed by atoms with van der Waals surface area (Å²) in [6, 6.07) is 8.28. The Morgan fingerprint density at radius 1 is 1.04 bits per heavy atom. The fourth-order valence-electron chi connectivity index (χ4n) is 4.40. The van der Waals surface area contributed by atoms with Crippen LogP contribution < -0.4 is 5.32 Å². The lowest BCUT2D eigenvalue weighted by atomic mass is 10.1. The SMILES string of the molecule is CC(=O)NC1=C(C#C[Si](C(C)C)(C(C)C)C(C)C)Cc2ccccc21. The van der Waals surface area contributed by atoms with Crippen molar-refractivity contribution >= 4 is 19.7 Å². The number of carbonyl (C=O) groups excluding carboxylic acids is 1. The van der Waals surface area contributed by atoms with E-state index in [0.29, 0.717) is 16.6 Å². The molecule has 0 unspecified atom stereocenters. The van der Waals surface area contributed by atoms with Crippen LogP contribution in [0.1, 0.15) is 59.6 Å². The maximum absolute atomic E-state index is 11.7. The Morgan fingerprint density at radius 3 is 2.12 bits per heavy atom. The summed E-state index contributed by atoms with van der Waals surface area (Å²) in [5.41, 5.74) is 9.95. The summed E-state index contributed by atoms with van der Waals surface area (Å²) in [6.45, 7) is 15.5. The molecule has 2 nitrogen and oxygen atoms in total. The first-order valence-electron chi connectivity index (χ1n) is 9.32. The predicted octanol–water partition coefficient (Wildman–Crippen LogP) is 5.31. The lowest BCUT2D eigenvalue weighted by Crippen LogP contribution is -2.43. The molecule has 1 N–H and O–H groups in total. The Morgan fingerprint density at radius 2 is 1.60 bits per heavy atom. The number of hydrogen-bond acceptors (Lipinski definition) is 1. The van der Waals surface area contributed by atoms with Crippen molar-refractivity contribution in [2.75, 3.05) is 0 Å². The minimum Gasteiger partial charge on any atom is -0.325 e.